The Bertz CT molecular complexity index is 602. The quantitative estimate of drug-likeness (QED) is 0.605. The standard InChI is InChI=1S/C18H29N3O6S/c1-3-27-18(26)19-12(8-11-28-2)15(22)20-9-4-6-13(20)16(23)21-10-5-7-14(21)17(24)25/h12-14H,3-11H2,1-2H3,(H,19,26)(H,24,25)/t12-,13-,14-/m0/s1. The summed E-state index contributed by atoms with van der Waals surface area (Å²) in [6.07, 6.45) is 3.93. The molecule has 2 aliphatic heterocycles. The number of nitrogens with zero attached hydrogens (tertiary/aromatic N) is 2. The summed E-state index contributed by atoms with van der Waals surface area (Å²) in [5, 5.41) is 11.9. The molecule has 2 heterocycles. The second kappa shape index (κ2) is 10.5. The molecule has 2 saturated heterocycles. The van der Waals surface area contributed by atoms with Crippen molar-refractivity contribution in [3.8, 4) is 0 Å². The fourth-order valence-electron chi connectivity index (χ4n) is 3.77. The minimum atomic E-state index is -1.01. The van der Waals surface area contributed by atoms with E-state index in [1.807, 2.05) is 6.26 Å². The molecule has 28 heavy (non-hydrogen) atoms. The van der Waals surface area contributed by atoms with E-state index in [1.54, 1.807) is 18.7 Å². The molecule has 10 heteroatoms. The van der Waals surface area contributed by atoms with Gasteiger partial charge in [0.25, 0.3) is 0 Å². The summed E-state index contributed by atoms with van der Waals surface area (Å²) in [6.45, 7) is 2.69. The molecule has 3 amide bonds. The van der Waals surface area contributed by atoms with E-state index in [9.17, 15) is 24.3 Å². The number of likely N-dealkylation sites (tertiary alicyclic amines) is 2. The number of nitrogens with one attached hydrogen (secondary N) is 1. The lowest BCUT2D eigenvalue weighted by Crippen LogP contribution is -2.55. The van der Waals surface area contributed by atoms with E-state index < -0.39 is 30.2 Å². The maximum atomic E-state index is 13.1. The summed E-state index contributed by atoms with van der Waals surface area (Å²) < 4.78 is 4.89. The molecule has 0 aromatic heterocycles. The predicted molar refractivity (Wildman–Crippen MR) is 104 cm³/mol. The van der Waals surface area contributed by atoms with Crippen LogP contribution in [0.15, 0.2) is 0 Å². The normalized spacial score (nSPS) is 22.8. The summed E-state index contributed by atoms with van der Waals surface area (Å²) >= 11 is 1.56. The van der Waals surface area contributed by atoms with Gasteiger partial charge in [0.1, 0.15) is 18.1 Å². The summed E-state index contributed by atoms with van der Waals surface area (Å²) in [5.41, 5.74) is 0. The van der Waals surface area contributed by atoms with Gasteiger partial charge in [-0.15, -0.1) is 0 Å². The van der Waals surface area contributed by atoms with Gasteiger partial charge in [-0.1, -0.05) is 0 Å². The number of hydrogen-bond donors (Lipinski definition) is 2. The third-order valence-corrected chi connectivity index (χ3v) is 5.76. The number of ether oxygens (including phenoxy) is 1. The Kier molecular flexibility index (Phi) is 8.40. The van der Waals surface area contributed by atoms with Crippen LogP contribution in [-0.2, 0) is 19.1 Å². The fraction of sp³-hybridized carbons (Fsp3) is 0.778. The van der Waals surface area contributed by atoms with Crippen molar-refractivity contribution < 1.29 is 29.0 Å². The number of alkyl carbamates (subject to hydrolysis) is 1. The number of rotatable bonds is 8. The molecule has 2 rings (SSSR count). The van der Waals surface area contributed by atoms with E-state index in [1.165, 1.54) is 9.80 Å². The fourth-order valence-corrected chi connectivity index (χ4v) is 4.25. The molecular weight excluding hydrogens is 386 g/mol. The van der Waals surface area contributed by atoms with Crippen LogP contribution in [0.3, 0.4) is 0 Å². The van der Waals surface area contributed by atoms with Crippen LogP contribution in [0, 0.1) is 0 Å². The SMILES string of the molecule is CCOC(=O)N[C@@H](CCSC)C(=O)N1CCC[C@H]1C(=O)N1CCC[C@H]1C(=O)O. The first kappa shape index (κ1) is 22.3. The van der Waals surface area contributed by atoms with Gasteiger partial charge in [0.15, 0.2) is 0 Å². The summed E-state index contributed by atoms with van der Waals surface area (Å²) in [4.78, 5) is 52.2. The third-order valence-electron chi connectivity index (χ3n) is 5.12. The number of amides is 3. The van der Waals surface area contributed by atoms with Crippen LogP contribution in [-0.4, -0.2) is 88.6 Å². The van der Waals surface area contributed by atoms with Crippen molar-refractivity contribution in [2.75, 3.05) is 31.7 Å². The van der Waals surface area contributed by atoms with E-state index in [0.717, 1.165) is 0 Å². The van der Waals surface area contributed by atoms with Crippen molar-refractivity contribution in [3.63, 3.8) is 0 Å². The van der Waals surface area contributed by atoms with Crippen LogP contribution < -0.4 is 5.32 Å². The average molecular weight is 416 g/mol. The molecule has 0 aromatic rings. The van der Waals surface area contributed by atoms with Gasteiger partial charge in [0, 0.05) is 13.1 Å². The van der Waals surface area contributed by atoms with Crippen LogP contribution in [0.25, 0.3) is 0 Å². The molecule has 0 saturated carbocycles. The molecule has 0 unspecified atom stereocenters. The Morgan fingerprint density at radius 3 is 2.39 bits per heavy atom. The maximum Gasteiger partial charge on any atom is 0.407 e. The van der Waals surface area contributed by atoms with Gasteiger partial charge in [-0.05, 0) is 51.0 Å². The van der Waals surface area contributed by atoms with Crippen LogP contribution in [0.5, 0.6) is 0 Å². The lowest BCUT2D eigenvalue weighted by molar-refractivity contribution is -0.152. The zero-order valence-corrected chi connectivity index (χ0v) is 17.2. The lowest BCUT2D eigenvalue weighted by atomic mass is 10.1. The summed E-state index contributed by atoms with van der Waals surface area (Å²) in [5.74, 6) is -0.967. The van der Waals surface area contributed by atoms with Crippen molar-refractivity contribution in [1.82, 2.24) is 15.1 Å². The van der Waals surface area contributed by atoms with E-state index in [0.29, 0.717) is 50.9 Å². The molecule has 0 aromatic carbocycles. The monoisotopic (exact) mass is 415 g/mol. The van der Waals surface area contributed by atoms with Crippen molar-refractivity contribution in [3.05, 3.63) is 0 Å². The minimum Gasteiger partial charge on any atom is -0.480 e. The van der Waals surface area contributed by atoms with Crippen molar-refractivity contribution in [2.45, 2.75) is 57.2 Å². The highest BCUT2D eigenvalue weighted by atomic mass is 32.2. The smallest absolute Gasteiger partial charge is 0.407 e. The highest BCUT2D eigenvalue weighted by Crippen LogP contribution is 2.26. The first-order chi connectivity index (χ1) is 13.4. The van der Waals surface area contributed by atoms with E-state index in [4.69, 9.17) is 4.74 Å². The van der Waals surface area contributed by atoms with Crippen molar-refractivity contribution >= 4 is 35.6 Å². The first-order valence-corrected chi connectivity index (χ1v) is 11.1. The number of thioether (sulfide) groups is 1. The zero-order valence-electron chi connectivity index (χ0n) is 16.4. The second-order valence-electron chi connectivity index (χ2n) is 6.92. The topological polar surface area (TPSA) is 116 Å². The molecule has 158 valence electrons. The summed E-state index contributed by atoms with van der Waals surface area (Å²) in [6, 6.07) is -2.27. The first-order valence-electron chi connectivity index (χ1n) is 9.66. The van der Waals surface area contributed by atoms with Crippen LogP contribution in [0.1, 0.15) is 39.0 Å². The number of aliphatic carboxylic acids is 1. The molecule has 2 fully saturated rings. The number of carbonyl (C=O) groups is 4. The molecule has 0 spiro atoms. The van der Waals surface area contributed by atoms with Gasteiger partial charge < -0.3 is 25.0 Å². The van der Waals surface area contributed by atoms with E-state index in [-0.39, 0.29) is 18.4 Å². The van der Waals surface area contributed by atoms with Crippen LogP contribution in [0.2, 0.25) is 0 Å². The molecule has 3 atom stereocenters. The molecule has 2 aliphatic rings. The van der Waals surface area contributed by atoms with Gasteiger partial charge >= 0.3 is 12.1 Å². The zero-order chi connectivity index (χ0) is 20.7. The van der Waals surface area contributed by atoms with Gasteiger partial charge in [-0.25, -0.2) is 9.59 Å². The summed E-state index contributed by atoms with van der Waals surface area (Å²) in [7, 11) is 0. The average Bonchev–Trinajstić information content (AvgIpc) is 3.33. The molecular formula is C18H29N3O6S. The molecule has 9 nitrogen and oxygen atoms in total. The van der Waals surface area contributed by atoms with Crippen LogP contribution in [0.4, 0.5) is 4.79 Å². The third kappa shape index (κ3) is 5.30. The maximum absolute atomic E-state index is 13.1. The van der Waals surface area contributed by atoms with Crippen molar-refractivity contribution in [1.29, 1.82) is 0 Å². The molecule has 0 bridgehead atoms. The Morgan fingerprint density at radius 2 is 1.79 bits per heavy atom. The number of carboxylic acids is 1. The number of carboxylic acid groups (broad SMARTS) is 1. The second-order valence-corrected chi connectivity index (χ2v) is 7.90. The number of hydrogen-bond acceptors (Lipinski definition) is 6. The van der Waals surface area contributed by atoms with Gasteiger partial charge in [0.05, 0.1) is 6.61 Å². The Hall–Kier alpha value is -1.97. The van der Waals surface area contributed by atoms with Gasteiger partial charge in [-0.3, -0.25) is 9.59 Å². The molecule has 0 radical (unpaired) electrons. The van der Waals surface area contributed by atoms with E-state index in [2.05, 4.69) is 5.32 Å². The van der Waals surface area contributed by atoms with Gasteiger partial charge in [-0.2, -0.15) is 11.8 Å². The van der Waals surface area contributed by atoms with Crippen LogP contribution >= 0.6 is 11.8 Å². The minimum absolute atomic E-state index is 0.200. The molecule has 0 aliphatic carbocycles. The Morgan fingerprint density at radius 1 is 1.14 bits per heavy atom. The highest BCUT2D eigenvalue weighted by Gasteiger charge is 2.43. The lowest BCUT2D eigenvalue weighted by Gasteiger charge is -2.32. The van der Waals surface area contributed by atoms with E-state index >= 15 is 0 Å². The Balaban J connectivity index is 2.11. The Labute approximate surface area is 169 Å². The predicted octanol–water partition coefficient (Wildman–Crippen LogP) is 0.921. The number of carbonyl (C=O) groups excluding carboxylic acids is 3. The largest absolute Gasteiger partial charge is 0.480 e. The molecule has 2 N–H and O–H groups in total. The van der Waals surface area contributed by atoms with Gasteiger partial charge in [0.2, 0.25) is 11.8 Å². The van der Waals surface area contributed by atoms with Crippen molar-refractivity contribution in [2.24, 2.45) is 0 Å². The highest BCUT2D eigenvalue weighted by molar-refractivity contribution is 7.98.